The van der Waals surface area contributed by atoms with E-state index in [1.54, 1.807) is 18.2 Å². The maximum atomic E-state index is 13.3. The zero-order valence-corrected chi connectivity index (χ0v) is 13.6. The minimum atomic E-state index is -2.92. The van der Waals surface area contributed by atoms with Crippen molar-refractivity contribution in [3.63, 3.8) is 0 Å². The Morgan fingerprint density at radius 2 is 2.09 bits per heavy atom. The highest BCUT2D eigenvalue weighted by Crippen LogP contribution is 2.17. The second kappa shape index (κ2) is 8.14. The first-order valence-electron chi connectivity index (χ1n) is 7.56. The molecule has 0 radical (unpaired) electrons. The van der Waals surface area contributed by atoms with Gasteiger partial charge in [-0.3, -0.25) is 0 Å². The number of halogens is 1. The van der Waals surface area contributed by atoms with Gasteiger partial charge in [0.05, 0.1) is 18.1 Å². The van der Waals surface area contributed by atoms with Crippen molar-refractivity contribution in [2.24, 2.45) is 5.92 Å². The topological polar surface area (TPSA) is 84.5 Å². The highest BCUT2D eigenvalue weighted by Gasteiger charge is 2.27. The number of rotatable bonds is 7. The van der Waals surface area contributed by atoms with Crippen molar-refractivity contribution in [2.45, 2.75) is 12.8 Å². The van der Waals surface area contributed by atoms with Crippen LogP contribution in [0.3, 0.4) is 0 Å². The van der Waals surface area contributed by atoms with Crippen molar-refractivity contribution in [2.75, 3.05) is 31.2 Å². The fourth-order valence-corrected chi connectivity index (χ4v) is 4.21. The van der Waals surface area contributed by atoms with E-state index in [1.807, 2.05) is 0 Å². The first-order chi connectivity index (χ1) is 11.0. The Morgan fingerprint density at radius 3 is 2.78 bits per heavy atom. The average Bonchev–Trinajstić information content (AvgIpc) is 2.86. The third-order valence-electron chi connectivity index (χ3n) is 3.58. The fraction of sp³-hybridized carbons (Fsp3) is 0.533. The highest BCUT2D eigenvalue weighted by molar-refractivity contribution is 7.91. The normalized spacial score (nSPS) is 19.3. The number of urea groups is 1. The molecular formula is C15H21FN2O4S. The largest absolute Gasteiger partial charge is 0.490 e. The molecule has 1 aromatic carbocycles. The van der Waals surface area contributed by atoms with E-state index in [0.29, 0.717) is 32.5 Å². The molecule has 0 saturated carbocycles. The number of carbonyl (C=O) groups is 1. The molecule has 2 amide bonds. The first kappa shape index (κ1) is 17.5. The number of para-hydroxylation sites is 1. The average molecular weight is 344 g/mol. The van der Waals surface area contributed by atoms with Crippen LogP contribution in [0.4, 0.5) is 9.18 Å². The van der Waals surface area contributed by atoms with Crippen LogP contribution in [0.1, 0.15) is 12.8 Å². The summed E-state index contributed by atoms with van der Waals surface area (Å²) in [6.07, 6.45) is 1.14. The van der Waals surface area contributed by atoms with Gasteiger partial charge in [0.15, 0.2) is 21.4 Å². The standard InChI is InChI=1S/C15H21FN2O4S/c16-13-4-1-2-5-14(13)22-8-3-7-17-15(19)18-10-12-6-9-23(20,21)11-12/h1-2,4-5,12H,3,6-11H2,(H2,17,18,19)/t12-/m1/s1. The quantitative estimate of drug-likeness (QED) is 0.731. The number of sulfone groups is 1. The maximum Gasteiger partial charge on any atom is 0.314 e. The molecule has 2 rings (SSSR count). The molecule has 0 aromatic heterocycles. The van der Waals surface area contributed by atoms with Crippen molar-refractivity contribution < 1.29 is 22.3 Å². The van der Waals surface area contributed by atoms with Gasteiger partial charge in [-0.2, -0.15) is 0 Å². The van der Waals surface area contributed by atoms with Crippen LogP contribution in [0.15, 0.2) is 24.3 Å². The Kier molecular flexibility index (Phi) is 6.20. The lowest BCUT2D eigenvalue weighted by Gasteiger charge is -2.11. The summed E-state index contributed by atoms with van der Waals surface area (Å²) in [5.41, 5.74) is 0. The van der Waals surface area contributed by atoms with Gasteiger partial charge in [0.2, 0.25) is 0 Å². The Labute approximate surface area is 135 Å². The van der Waals surface area contributed by atoms with Gasteiger partial charge < -0.3 is 15.4 Å². The van der Waals surface area contributed by atoms with E-state index in [2.05, 4.69) is 10.6 Å². The van der Waals surface area contributed by atoms with Crippen LogP contribution in [-0.4, -0.2) is 45.7 Å². The second-order valence-electron chi connectivity index (χ2n) is 5.54. The van der Waals surface area contributed by atoms with Crippen LogP contribution in [0, 0.1) is 11.7 Å². The van der Waals surface area contributed by atoms with Gasteiger partial charge in [-0.1, -0.05) is 12.1 Å². The van der Waals surface area contributed by atoms with Crippen LogP contribution >= 0.6 is 0 Å². The van der Waals surface area contributed by atoms with Gasteiger partial charge in [-0.25, -0.2) is 17.6 Å². The van der Waals surface area contributed by atoms with E-state index >= 15 is 0 Å². The zero-order chi connectivity index (χ0) is 16.7. The van der Waals surface area contributed by atoms with E-state index in [0.717, 1.165) is 0 Å². The molecule has 1 aromatic rings. The second-order valence-corrected chi connectivity index (χ2v) is 7.77. The number of nitrogens with one attached hydrogen (secondary N) is 2. The number of hydrogen-bond donors (Lipinski definition) is 2. The van der Waals surface area contributed by atoms with E-state index < -0.39 is 15.7 Å². The molecule has 0 bridgehead atoms. The van der Waals surface area contributed by atoms with Crippen molar-refractivity contribution in [3.8, 4) is 5.75 Å². The zero-order valence-electron chi connectivity index (χ0n) is 12.8. The van der Waals surface area contributed by atoms with E-state index in [9.17, 15) is 17.6 Å². The third-order valence-corrected chi connectivity index (χ3v) is 5.42. The third kappa shape index (κ3) is 6.05. The van der Waals surface area contributed by atoms with Gasteiger partial charge in [-0.05, 0) is 30.9 Å². The molecule has 6 nitrogen and oxygen atoms in total. The Hall–Kier alpha value is -1.83. The Balaban J connectivity index is 1.54. The summed E-state index contributed by atoms with van der Waals surface area (Å²) in [6.45, 7) is 1.04. The summed E-state index contributed by atoms with van der Waals surface area (Å²) in [5, 5.41) is 5.32. The molecule has 1 heterocycles. The highest BCUT2D eigenvalue weighted by atomic mass is 32.2. The summed E-state index contributed by atoms with van der Waals surface area (Å²) in [5.74, 6) is 0.122. The molecule has 128 valence electrons. The van der Waals surface area contributed by atoms with Crippen molar-refractivity contribution >= 4 is 15.9 Å². The summed E-state index contributed by atoms with van der Waals surface area (Å²) in [7, 11) is -2.92. The Morgan fingerprint density at radius 1 is 1.30 bits per heavy atom. The predicted molar refractivity (Wildman–Crippen MR) is 84.7 cm³/mol. The lowest BCUT2D eigenvalue weighted by atomic mass is 10.1. The maximum absolute atomic E-state index is 13.3. The summed E-state index contributed by atoms with van der Waals surface area (Å²) in [6, 6.07) is 5.81. The number of carbonyl (C=O) groups excluding carboxylic acids is 1. The predicted octanol–water partition coefficient (Wildman–Crippen LogP) is 1.33. The lowest BCUT2D eigenvalue weighted by Crippen LogP contribution is -2.39. The molecule has 8 heteroatoms. The molecule has 0 aliphatic carbocycles. The van der Waals surface area contributed by atoms with Gasteiger partial charge in [0, 0.05) is 13.1 Å². The van der Waals surface area contributed by atoms with Crippen LogP contribution in [-0.2, 0) is 9.84 Å². The number of ether oxygens (including phenoxy) is 1. The molecule has 0 spiro atoms. The molecule has 1 saturated heterocycles. The molecule has 0 unspecified atom stereocenters. The smallest absolute Gasteiger partial charge is 0.314 e. The molecule has 1 aliphatic rings. The van der Waals surface area contributed by atoms with Gasteiger partial charge in [0.1, 0.15) is 0 Å². The summed E-state index contributed by atoms with van der Waals surface area (Å²) < 4.78 is 41.2. The SMILES string of the molecule is O=C(NCCCOc1ccccc1F)NC[C@H]1CCS(=O)(=O)C1. The first-order valence-corrected chi connectivity index (χ1v) is 9.38. The Bertz CT molecular complexity index is 636. The van der Waals surface area contributed by atoms with E-state index in [1.165, 1.54) is 6.07 Å². The van der Waals surface area contributed by atoms with Gasteiger partial charge in [-0.15, -0.1) is 0 Å². The van der Waals surface area contributed by atoms with Gasteiger partial charge >= 0.3 is 6.03 Å². The van der Waals surface area contributed by atoms with Gasteiger partial charge in [0.25, 0.3) is 0 Å². The molecule has 23 heavy (non-hydrogen) atoms. The number of hydrogen-bond acceptors (Lipinski definition) is 4. The summed E-state index contributed by atoms with van der Waals surface area (Å²) in [4.78, 5) is 11.6. The van der Waals surface area contributed by atoms with Crippen molar-refractivity contribution in [3.05, 3.63) is 30.1 Å². The molecule has 2 N–H and O–H groups in total. The minimum absolute atomic E-state index is 0.00450. The van der Waals surface area contributed by atoms with Crippen LogP contribution in [0.2, 0.25) is 0 Å². The monoisotopic (exact) mass is 344 g/mol. The van der Waals surface area contributed by atoms with E-state index in [4.69, 9.17) is 4.74 Å². The molecule has 1 aliphatic heterocycles. The van der Waals surface area contributed by atoms with Crippen LogP contribution in [0.25, 0.3) is 0 Å². The van der Waals surface area contributed by atoms with E-state index in [-0.39, 0.29) is 29.2 Å². The van der Waals surface area contributed by atoms with Crippen molar-refractivity contribution in [1.29, 1.82) is 0 Å². The number of amides is 2. The molecule has 1 fully saturated rings. The van der Waals surface area contributed by atoms with Crippen LogP contribution in [0.5, 0.6) is 5.75 Å². The molecular weight excluding hydrogens is 323 g/mol. The molecule has 1 atom stereocenters. The fourth-order valence-electron chi connectivity index (χ4n) is 2.35. The number of benzene rings is 1. The van der Waals surface area contributed by atoms with Crippen LogP contribution < -0.4 is 15.4 Å². The lowest BCUT2D eigenvalue weighted by molar-refractivity contribution is 0.237. The van der Waals surface area contributed by atoms with Crippen molar-refractivity contribution in [1.82, 2.24) is 10.6 Å². The summed E-state index contributed by atoms with van der Waals surface area (Å²) >= 11 is 0. The minimum Gasteiger partial charge on any atom is -0.490 e.